The molecule has 0 spiro atoms. The lowest BCUT2D eigenvalue weighted by Crippen LogP contribution is -2.42. The van der Waals surface area contributed by atoms with Gasteiger partial charge in [-0.05, 0) is 25.3 Å². The first-order chi connectivity index (χ1) is 7.45. The van der Waals surface area contributed by atoms with Gasteiger partial charge in [0.2, 0.25) is 5.91 Å². The molecular formula is C12H25N3O. The van der Waals surface area contributed by atoms with E-state index in [1.54, 1.807) is 19.0 Å². The zero-order valence-corrected chi connectivity index (χ0v) is 10.9. The Labute approximate surface area is 98.8 Å². The van der Waals surface area contributed by atoms with E-state index in [2.05, 4.69) is 18.9 Å². The summed E-state index contributed by atoms with van der Waals surface area (Å²) in [7, 11) is 5.66. The maximum absolute atomic E-state index is 11.6. The first-order valence-corrected chi connectivity index (χ1v) is 6.06. The van der Waals surface area contributed by atoms with Crippen molar-refractivity contribution in [2.45, 2.75) is 25.8 Å². The van der Waals surface area contributed by atoms with Gasteiger partial charge in [-0.3, -0.25) is 4.79 Å². The number of carbonyl (C=O) groups excluding carboxylic acids is 1. The van der Waals surface area contributed by atoms with Crippen molar-refractivity contribution in [1.29, 1.82) is 0 Å². The molecule has 3 unspecified atom stereocenters. The van der Waals surface area contributed by atoms with E-state index < -0.39 is 0 Å². The fourth-order valence-corrected chi connectivity index (χ4v) is 1.98. The second-order valence-electron chi connectivity index (χ2n) is 5.29. The van der Waals surface area contributed by atoms with Crippen LogP contribution in [0.5, 0.6) is 0 Å². The second kappa shape index (κ2) is 5.64. The molecule has 0 aromatic heterocycles. The van der Waals surface area contributed by atoms with Crippen LogP contribution in [-0.4, -0.2) is 56.0 Å². The highest BCUT2D eigenvalue weighted by Crippen LogP contribution is 2.38. The van der Waals surface area contributed by atoms with Crippen LogP contribution in [0.2, 0.25) is 0 Å². The minimum absolute atomic E-state index is 0.158. The Kier molecular flexibility index (Phi) is 4.74. The average Bonchev–Trinajstić information content (AvgIpc) is 2.89. The normalized spacial score (nSPS) is 25.6. The lowest BCUT2D eigenvalue weighted by molar-refractivity contribution is -0.129. The fraction of sp³-hybridized carbons (Fsp3) is 0.917. The largest absolute Gasteiger partial charge is 0.349 e. The Hall–Kier alpha value is -0.610. The van der Waals surface area contributed by atoms with E-state index in [1.807, 2.05) is 0 Å². The van der Waals surface area contributed by atoms with Gasteiger partial charge >= 0.3 is 0 Å². The standard InChI is InChI=1S/C12H25N3O/c1-9-5-10(9)8-15(4)11(7-13)6-12(16)14(2)3/h9-11H,5-8,13H2,1-4H3. The summed E-state index contributed by atoms with van der Waals surface area (Å²) in [5.74, 6) is 1.82. The van der Waals surface area contributed by atoms with Crippen LogP contribution in [0.25, 0.3) is 0 Å². The third kappa shape index (κ3) is 3.76. The molecule has 1 fully saturated rings. The van der Waals surface area contributed by atoms with Gasteiger partial charge in [-0.15, -0.1) is 0 Å². The Bertz CT molecular complexity index is 242. The average molecular weight is 227 g/mol. The van der Waals surface area contributed by atoms with E-state index in [-0.39, 0.29) is 11.9 Å². The number of hydrogen-bond donors (Lipinski definition) is 1. The molecule has 1 rings (SSSR count). The molecule has 2 N–H and O–H groups in total. The van der Waals surface area contributed by atoms with Crippen LogP contribution in [0.15, 0.2) is 0 Å². The highest BCUT2D eigenvalue weighted by molar-refractivity contribution is 5.76. The van der Waals surface area contributed by atoms with Crippen molar-refractivity contribution in [3.05, 3.63) is 0 Å². The third-order valence-electron chi connectivity index (χ3n) is 3.60. The van der Waals surface area contributed by atoms with Gasteiger partial charge in [0.05, 0.1) is 0 Å². The summed E-state index contributed by atoms with van der Waals surface area (Å²) in [6.07, 6.45) is 1.85. The van der Waals surface area contributed by atoms with Gasteiger partial charge in [-0.25, -0.2) is 0 Å². The van der Waals surface area contributed by atoms with Crippen molar-refractivity contribution in [2.24, 2.45) is 17.6 Å². The fourth-order valence-electron chi connectivity index (χ4n) is 1.98. The molecule has 0 heterocycles. The number of hydrogen-bond acceptors (Lipinski definition) is 3. The van der Waals surface area contributed by atoms with Crippen molar-refractivity contribution in [1.82, 2.24) is 9.80 Å². The molecular weight excluding hydrogens is 202 g/mol. The third-order valence-corrected chi connectivity index (χ3v) is 3.60. The highest BCUT2D eigenvalue weighted by Gasteiger charge is 2.34. The molecule has 1 saturated carbocycles. The van der Waals surface area contributed by atoms with Crippen molar-refractivity contribution in [3.63, 3.8) is 0 Å². The van der Waals surface area contributed by atoms with Crippen molar-refractivity contribution in [2.75, 3.05) is 34.2 Å². The highest BCUT2D eigenvalue weighted by atomic mass is 16.2. The van der Waals surface area contributed by atoms with Gasteiger partial charge < -0.3 is 15.5 Å². The topological polar surface area (TPSA) is 49.6 Å². The Morgan fingerprint density at radius 2 is 2.00 bits per heavy atom. The van der Waals surface area contributed by atoms with Crippen molar-refractivity contribution in [3.8, 4) is 0 Å². The molecule has 16 heavy (non-hydrogen) atoms. The van der Waals surface area contributed by atoms with Gasteiger partial charge in [0.1, 0.15) is 0 Å². The lowest BCUT2D eigenvalue weighted by Gasteiger charge is -2.27. The predicted octanol–water partition coefficient (Wildman–Crippen LogP) is 0.380. The van der Waals surface area contributed by atoms with Gasteiger partial charge in [0.25, 0.3) is 0 Å². The molecule has 0 saturated heterocycles. The predicted molar refractivity (Wildman–Crippen MR) is 66.1 cm³/mol. The maximum atomic E-state index is 11.6. The number of amides is 1. The van der Waals surface area contributed by atoms with Crippen LogP contribution < -0.4 is 5.73 Å². The first kappa shape index (κ1) is 13.5. The minimum atomic E-state index is 0.158. The molecule has 0 aliphatic heterocycles. The van der Waals surface area contributed by atoms with Crippen LogP contribution in [-0.2, 0) is 4.79 Å². The quantitative estimate of drug-likeness (QED) is 0.713. The van der Waals surface area contributed by atoms with Gasteiger partial charge in [0.15, 0.2) is 0 Å². The van der Waals surface area contributed by atoms with E-state index in [0.717, 1.165) is 18.4 Å². The van der Waals surface area contributed by atoms with Gasteiger partial charge in [0, 0.05) is 39.6 Å². The zero-order valence-electron chi connectivity index (χ0n) is 10.9. The molecule has 1 aliphatic carbocycles. The number of likely N-dealkylation sites (N-methyl/N-ethyl adjacent to an activating group) is 1. The summed E-state index contributed by atoms with van der Waals surface area (Å²) in [4.78, 5) is 15.5. The summed E-state index contributed by atoms with van der Waals surface area (Å²) >= 11 is 0. The second-order valence-corrected chi connectivity index (χ2v) is 5.29. The Balaban J connectivity index is 2.37. The van der Waals surface area contributed by atoms with Crippen LogP contribution in [0, 0.1) is 11.8 Å². The van der Waals surface area contributed by atoms with E-state index in [9.17, 15) is 4.79 Å². The Morgan fingerprint density at radius 3 is 2.38 bits per heavy atom. The molecule has 4 nitrogen and oxygen atoms in total. The first-order valence-electron chi connectivity index (χ1n) is 6.06. The molecule has 94 valence electrons. The van der Waals surface area contributed by atoms with Crippen LogP contribution >= 0.6 is 0 Å². The number of nitrogens with zero attached hydrogens (tertiary/aromatic N) is 2. The summed E-state index contributed by atoms with van der Waals surface area (Å²) in [6, 6.07) is 0.183. The van der Waals surface area contributed by atoms with Gasteiger partial charge in [-0.2, -0.15) is 0 Å². The summed E-state index contributed by atoms with van der Waals surface area (Å²) < 4.78 is 0. The maximum Gasteiger partial charge on any atom is 0.223 e. The molecule has 0 aromatic rings. The molecule has 0 bridgehead atoms. The van der Waals surface area contributed by atoms with Crippen LogP contribution in [0.3, 0.4) is 0 Å². The SMILES string of the molecule is CC1CC1CN(C)C(CN)CC(=O)N(C)C. The monoisotopic (exact) mass is 227 g/mol. The van der Waals surface area contributed by atoms with Crippen molar-refractivity contribution < 1.29 is 4.79 Å². The zero-order chi connectivity index (χ0) is 12.3. The molecule has 1 amide bonds. The van der Waals surface area contributed by atoms with Crippen molar-refractivity contribution >= 4 is 5.91 Å². The van der Waals surface area contributed by atoms with E-state index >= 15 is 0 Å². The van der Waals surface area contributed by atoms with E-state index in [4.69, 9.17) is 5.73 Å². The molecule has 1 aliphatic rings. The molecule has 0 radical (unpaired) electrons. The molecule has 4 heteroatoms. The number of nitrogens with two attached hydrogens (primary N) is 1. The van der Waals surface area contributed by atoms with E-state index in [1.165, 1.54) is 6.42 Å². The summed E-state index contributed by atoms with van der Waals surface area (Å²) in [6.45, 7) is 3.90. The lowest BCUT2D eigenvalue weighted by atomic mass is 10.1. The Morgan fingerprint density at radius 1 is 1.44 bits per heavy atom. The minimum Gasteiger partial charge on any atom is -0.349 e. The van der Waals surface area contributed by atoms with Crippen LogP contribution in [0.1, 0.15) is 19.8 Å². The van der Waals surface area contributed by atoms with E-state index in [0.29, 0.717) is 13.0 Å². The van der Waals surface area contributed by atoms with Crippen LogP contribution in [0.4, 0.5) is 0 Å². The number of rotatable bonds is 6. The molecule has 0 aromatic carbocycles. The molecule has 3 atom stereocenters. The smallest absolute Gasteiger partial charge is 0.223 e. The van der Waals surface area contributed by atoms with Gasteiger partial charge in [-0.1, -0.05) is 6.92 Å². The summed E-state index contributed by atoms with van der Waals surface area (Å²) in [5.41, 5.74) is 5.74. The summed E-state index contributed by atoms with van der Waals surface area (Å²) in [5, 5.41) is 0. The number of carbonyl (C=O) groups is 1.